The Hall–Kier alpha value is -4.93. The maximum atomic E-state index is 13.2. The Morgan fingerprint density at radius 2 is 1.44 bits per heavy atom. The maximum absolute atomic E-state index is 13.2. The van der Waals surface area contributed by atoms with E-state index in [1.165, 1.54) is 24.3 Å². The van der Waals surface area contributed by atoms with Crippen molar-refractivity contribution in [3.63, 3.8) is 0 Å². The van der Waals surface area contributed by atoms with Gasteiger partial charge in [0.05, 0.1) is 19.1 Å². The van der Waals surface area contributed by atoms with Gasteiger partial charge in [0.2, 0.25) is 11.9 Å². The number of rotatable bonds is 10. The molecule has 3 aromatic carbocycles. The summed E-state index contributed by atoms with van der Waals surface area (Å²) < 4.78 is 11.9. The minimum Gasteiger partial charge on any atom is -0.496 e. The Balaban J connectivity index is 1.61. The molecule has 0 aliphatic carbocycles. The number of hydrogen-bond acceptors (Lipinski definition) is 9. The van der Waals surface area contributed by atoms with E-state index in [0.29, 0.717) is 24.6 Å². The van der Waals surface area contributed by atoms with E-state index in [1.807, 2.05) is 48.5 Å². The highest BCUT2D eigenvalue weighted by molar-refractivity contribution is 5.97. The van der Waals surface area contributed by atoms with Gasteiger partial charge in [0.1, 0.15) is 11.5 Å². The monoisotopic (exact) mass is 488 g/mol. The zero-order valence-electron chi connectivity index (χ0n) is 19.7. The molecule has 11 nitrogen and oxygen atoms in total. The van der Waals surface area contributed by atoms with Crippen LogP contribution in [0, 0.1) is 10.1 Å². The van der Waals surface area contributed by atoms with Crippen LogP contribution in [0.5, 0.6) is 11.5 Å². The minimum atomic E-state index is -0.524. The van der Waals surface area contributed by atoms with Crippen molar-refractivity contribution in [2.45, 2.75) is 13.1 Å². The smallest absolute Gasteiger partial charge is 0.281 e. The second kappa shape index (κ2) is 11.0. The first-order valence-corrected chi connectivity index (χ1v) is 11.0. The summed E-state index contributed by atoms with van der Waals surface area (Å²) in [5.41, 5.74) is 1.86. The molecule has 2 N–H and O–H groups in total. The summed E-state index contributed by atoms with van der Waals surface area (Å²) in [6, 6.07) is 20.3. The Morgan fingerprint density at radius 3 is 2.00 bits per heavy atom. The van der Waals surface area contributed by atoms with Gasteiger partial charge in [-0.25, -0.2) is 0 Å². The number of nitrogens with one attached hydrogen (secondary N) is 2. The van der Waals surface area contributed by atoms with Gasteiger partial charge in [-0.1, -0.05) is 36.4 Å². The van der Waals surface area contributed by atoms with Crippen molar-refractivity contribution in [1.29, 1.82) is 0 Å². The van der Waals surface area contributed by atoms with Gasteiger partial charge >= 0.3 is 0 Å². The molecule has 0 saturated carbocycles. The van der Waals surface area contributed by atoms with E-state index in [-0.39, 0.29) is 23.1 Å². The van der Waals surface area contributed by atoms with Crippen LogP contribution in [0.3, 0.4) is 0 Å². The van der Waals surface area contributed by atoms with Crippen molar-refractivity contribution >= 4 is 23.5 Å². The van der Waals surface area contributed by atoms with E-state index >= 15 is 0 Å². The van der Waals surface area contributed by atoms with Crippen LogP contribution in [0.1, 0.15) is 21.5 Å². The molecule has 0 unspecified atom stereocenters. The third-order valence-electron chi connectivity index (χ3n) is 5.38. The maximum Gasteiger partial charge on any atom is 0.281 e. The van der Waals surface area contributed by atoms with Crippen molar-refractivity contribution < 1.29 is 19.2 Å². The highest BCUT2D eigenvalue weighted by Gasteiger charge is 2.19. The number of methoxy groups -OCH3 is 2. The number of carbonyl (C=O) groups is 1. The van der Waals surface area contributed by atoms with Gasteiger partial charge in [-0.2, -0.15) is 9.67 Å². The Bertz CT molecular complexity index is 1370. The van der Waals surface area contributed by atoms with Crippen molar-refractivity contribution in [3.8, 4) is 11.5 Å². The molecule has 0 aliphatic rings. The molecule has 0 saturated heterocycles. The van der Waals surface area contributed by atoms with Crippen LogP contribution in [0.15, 0.2) is 72.8 Å². The van der Waals surface area contributed by atoms with Crippen LogP contribution in [-0.4, -0.2) is 39.8 Å². The average Bonchev–Trinajstić information content (AvgIpc) is 3.33. The van der Waals surface area contributed by atoms with E-state index in [9.17, 15) is 14.9 Å². The van der Waals surface area contributed by atoms with Crippen molar-refractivity contribution in [2.24, 2.45) is 0 Å². The fraction of sp³-hybridized carbons (Fsp3) is 0.160. The molecule has 0 bridgehead atoms. The van der Waals surface area contributed by atoms with E-state index in [0.717, 1.165) is 15.8 Å². The number of para-hydroxylation sites is 2. The molecule has 0 fully saturated rings. The first kappa shape index (κ1) is 24.2. The molecule has 1 heterocycles. The quantitative estimate of drug-likeness (QED) is 0.250. The number of non-ortho nitro benzene ring substituents is 1. The zero-order chi connectivity index (χ0) is 25.5. The molecule has 0 amide bonds. The van der Waals surface area contributed by atoms with Crippen LogP contribution < -0.4 is 20.1 Å². The standard InChI is InChI=1S/C25H24N6O5/c1-35-21-9-5-3-7-18(21)15-26-24-28-25(27-16-19-8-4-6-10-22(19)36-2)30(29-24)23(32)17-11-13-20(14-12-17)31(33)34/h3-14H,15-16H2,1-2H3,(H2,26,27,28,29). The lowest BCUT2D eigenvalue weighted by molar-refractivity contribution is -0.384. The number of nitro benzene ring substituents is 1. The third-order valence-corrected chi connectivity index (χ3v) is 5.38. The second-order valence-electron chi connectivity index (χ2n) is 7.61. The summed E-state index contributed by atoms with van der Waals surface area (Å²) in [6.45, 7) is 0.688. The molecule has 0 aliphatic heterocycles. The number of ether oxygens (including phenoxy) is 2. The first-order valence-electron chi connectivity index (χ1n) is 11.0. The Morgan fingerprint density at radius 1 is 0.889 bits per heavy atom. The summed E-state index contributed by atoms with van der Waals surface area (Å²) in [5.74, 6) is 1.32. The fourth-order valence-corrected chi connectivity index (χ4v) is 3.54. The highest BCUT2D eigenvalue weighted by Crippen LogP contribution is 2.22. The van der Waals surface area contributed by atoms with Gasteiger partial charge < -0.3 is 20.1 Å². The molecule has 184 valence electrons. The van der Waals surface area contributed by atoms with Crippen LogP contribution in [0.25, 0.3) is 0 Å². The minimum absolute atomic E-state index is 0.112. The van der Waals surface area contributed by atoms with E-state index in [2.05, 4.69) is 20.7 Å². The summed E-state index contributed by atoms with van der Waals surface area (Å²) in [5, 5.41) is 21.6. The zero-order valence-corrected chi connectivity index (χ0v) is 19.7. The fourth-order valence-electron chi connectivity index (χ4n) is 3.54. The summed E-state index contributed by atoms with van der Waals surface area (Å²) in [4.78, 5) is 28.2. The first-order chi connectivity index (χ1) is 17.5. The molecule has 36 heavy (non-hydrogen) atoms. The van der Waals surface area contributed by atoms with Gasteiger partial charge in [0.25, 0.3) is 11.6 Å². The van der Waals surface area contributed by atoms with Crippen LogP contribution in [0.2, 0.25) is 0 Å². The van der Waals surface area contributed by atoms with Crippen LogP contribution in [-0.2, 0) is 13.1 Å². The molecule has 0 spiro atoms. The molecule has 0 atom stereocenters. The summed E-state index contributed by atoms with van der Waals surface area (Å²) >= 11 is 0. The number of benzene rings is 3. The highest BCUT2D eigenvalue weighted by atomic mass is 16.6. The molecule has 4 aromatic rings. The van der Waals surface area contributed by atoms with Gasteiger partial charge in [-0.05, 0) is 24.3 Å². The number of aromatic nitrogens is 3. The van der Waals surface area contributed by atoms with Crippen molar-refractivity contribution in [3.05, 3.63) is 99.6 Å². The predicted octanol–water partition coefficient (Wildman–Crippen LogP) is 4.12. The normalized spacial score (nSPS) is 10.5. The van der Waals surface area contributed by atoms with Gasteiger partial charge in [0, 0.05) is 41.9 Å². The molecular weight excluding hydrogens is 464 g/mol. The number of nitrogens with zero attached hydrogens (tertiary/aromatic N) is 4. The molecule has 1 aromatic heterocycles. The number of nitro groups is 1. The lowest BCUT2D eigenvalue weighted by atomic mass is 10.2. The average molecular weight is 489 g/mol. The summed E-state index contributed by atoms with van der Waals surface area (Å²) in [6.07, 6.45) is 0. The van der Waals surface area contributed by atoms with Gasteiger partial charge in [-0.3, -0.25) is 14.9 Å². The van der Waals surface area contributed by atoms with E-state index < -0.39 is 10.8 Å². The van der Waals surface area contributed by atoms with Crippen LogP contribution >= 0.6 is 0 Å². The summed E-state index contributed by atoms with van der Waals surface area (Å²) in [7, 11) is 3.17. The molecular formula is C25H24N6O5. The lowest BCUT2D eigenvalue weighted by Crippen LogP contribution is -2.18. The number of anilines is 2. The topological polar surface area (TPSA) is 133 Å². The lowest BCUT2D eigenvalue weighted by Gasteiger charge is -2.10. The van der Waals surface area contributed by atoms with Crippen LogP contribution in [0.4, 0.5) is 17.6 Å². The Labute approximate surface area is 206 Å². The third kappa shape index (κ3) is 5.41. The predicted molar refractivity (Wildman–Crippen MR) is 133 cm³/mol. The molecule has 0 radical (unpaired) electrons. The van der Waals surface area contributed by atoms with Crippen molar-refractivity contribution in [2.75, 3.05) is 24.9 Å². The second-order valence-corrected chi connectivity index (χ2v) is 7.61. The van der Waals surface area contributed by atoms with Gasteiger partial charge in [-0.15, -0.1) is 5.10 Å². The van der Waals surface area contributed by atoms with Gasteiger partial charge in [0.15, 0.2) is 0 Å². The van der Waals surface area contributed by atoms with E-state index in [1.54, 1.807) is 14.2 Å². The number of hydrogen-bond donors (Lipinski definition) is 2. The Kier molecular flexibility index (Phi) is 7.39. The SMILES string of the molecule is COc1ccccc1CNc1nc(NCc2ccccc2OC)n(C(=O)c2ccc([N+](=O)[O-])cc2)n1. The van der Waals surface area contributed by atoms with E-state index in [4.69, 9.17) is 9.47 Å². The number of carbonyl (C=O) groups excluding carboxylic acids is 1. The van der Waals surface area contributed by atoms with Crippen molar-refractivity contribution in [1.82, 2.24) is 14.8 Å². The molecule has 4 rings (SSSR count). The molecule has 11 heteroatoms. The largest absolute Gasteiger partial charge is 0.496 e.